The molecule has 0 fully saturated rings. The molecule has 0 N–H and O–H groups in total. The molecule has 0 spiro atoms. The first kappa shape index (κ1) is 31.4. The van der Waals surface area contributed by atoms with Gasteiger partial charge in [-0.3, -0.25) is 0 Å². The van der Waals surface area contributed by atoms with Crippen molar-refractivity contribution in [3.63, 3.8) is 0 Å². The predicted octanol–water partition coefficient (Wildman–Crippen LogP) is 13.0. The second-order valence-electron chi connectivity index (χ2n) is 14.4. The van der Waals surface area contributed by atoms with Gasteiger partial charge in [0.2, 0.25) is 0 Å². The van der Waals surface area contributed by atoms with Crippen molar-refractivity contribution >= 4 is 44.2 Å². The van der Waals surface area contributed by atoms with Crippen LogP contribution < -0.4 is 0 Å². The van der Waals surface area contributed by atoms with Crippen LogP contribution >= 0.6 is 0 Å². The number of aromatic nitrogens is 3. The number of furan rings is 1. The highest BCUT2D eigenvalue weighted by Gasteiger charge is 2.34. The maximum Gasteiger partial charge on any atom is 0.164 e. The van der Waals surface area contributed by atoms with Crippen molar-refractivity contribution in [3.8, 4) is 45.3 Å². The fourth-order valence-electron chi connectivity index (χ4n) is 8.34. The average molecular weight is 704 g/mol. The molecule has 2 aliphatic rings. The van der Waals surface area contributed by atoms with Gasteiger partial charge in [-0.2, -0.15) is 0 Å². The summed E-state index contributed by atoms with van der Waals surface area (Å²) >= 11 is 0. The highest BCUT2D eigenvalue weighted by atomic mass is 16.3. The van der Waals surface area contributed by atoms with E-state index < -0.39 is 0 Å². The van der Waals surface area contributed by atoms with E-state index in [0.29, 0.717) is 17.5 Å². The Morgan fingerprint density at radius 2 is 0.909 bits per heavy atom. The summed E-state index contributed by atoms with van der Waals surface area (Å²) in [6.07, 6.45) is 11.2. The van der Waals surface area contributed by atoms with Crippen LogP contribution in [0.4, 0.5) is 0 Å². The molecule has 9 aromatic rings. The van der Waals surface area contributed by atoms with Gasteiger partial charge >= 0.3 is 0 Å². The lowest BCUT2D eigenvalue weighted by Crippen LogP contribution is -2.17. The van der Waals surface area contributed by atoms with E-state index in [-0.39, 0.29) is 11.8 Å². The molecular formula is C51H33N3O. The summed E-state index contributed by atoms with van der Waals surface area (Å²) in [6, 6.07) is 55.3. The summed E-state index contributed by atoms with van der Waals surface area (Å²) in [5.41, 5.74) is 9.74. The second-order valence-corrected chi connectivity index (χ2v) is 14.4. The van der Waals surface area contributed by atoms with Gasteiger partial charge in [0, 0.05) is 39.5 Å². The van der Waals surface area contributed by atoms with Crippen molar-refractivity contribution < 1.29 is 4.42 Å². The summed E-state index contributed by atoms with van der Waals surface area (Å²) < 4.78 is 6.60. The average Bonchev–Trinajstić information content (AvgIpc) is 3.64. The molecule has 258 valence electrons. The van der Waals surface area contributed by atoms with E-state index in [4.69, 9.17) is 19.4 Å². The van der Waals surface area contributed by atoms with Gasteiger partial charge in [0.15, 0.2) is 17.5 Å². The Balaban J connectivity index is 1.06. The maximum absolute atomic E-state index is 6.60. The molecule has 0 amide bonds. The minimum absolute atomic E-state index is 0.152. The zero-order chi connectivity index (χ0) is 36.3. The van der Waals surface area contributed by atoms with E-state index in [1.54, 1.807) is 0 Å². The SMILES string of the molecule is C1=CC2C(c3ccccc3)=Cc3oc4ccc(-c5nc(-c6ccc7ccccc7c6)nc(-c6ccc7cc(-c8ccccc8)ccc7c6)n5)cc4c3C2C=C1. The van der Waals surface area contributed by atoms with Gasteiger partial charge in [0.05, 0.1) is 0 Å². The highest BCUT2D eigenvalue weighted by Crippen LogP contribution is 2.49. The number of benzene rings is 7. The third kappa shape index (κ3) is 5.50. The van der Waals surface area contributed by atoms with Crippen LogP contribution in [0.5, 0.6) is 0 Å². The Labute approximate surface area is 318 Å². The minimum atomic E-state index is 0.152. The van der Waals surface area contributed by atoms with E-state index in [2.05, 4.69) is 182 Å². The first-order chi connectivity index (χ1) is 27.2. The summed E-state index contributed by atoms with van der Waals surface area (Å²) in [7, 11) is 0. The molecule has 2 aliphatic carbocycles. The topological polar surface area (TPSA) is 51.8 Å². The number of allylic oxidation sites excluding steroid dienone is 5. The fraction of sp³-hybridized carbons (Fsp3) is 0.0392. The second kappa shape index (κ2) is 12.8. The molecule has 7 aromatic carbocycles. The number of rotatable bonds is 5. The lowest BCUT2D eigenvalue weighted by molar-refractivity contribution is 0.581. The van der Waals surface area contributed by atoms with Gasteiger partial charge in [-0.25, -0.2) is 15.0 Å². The highest BCUT2D eigenvalue weighted by molar-refractivity contribution is 5.96. The molecule has 2 heterocycles. The number of fused-ring (bicyclic) bond motifs is 7. The zero-order valence-electron chi connectivity index (χ0n) is 29.8. The van der Waals surface area contributed by atoms with Gasteiger partial charge in [0.1, 0.15) is 11.3 Å². The molecule has 2 aromatic heterocycles. The smallest absolute Gasteiger partial charge is 0.164 e. The Bertz CT molecular complexity index is 3050. The predicted molar refractivity (Wildman–Crippen MR) is 225 cm³/mol. The summed E-state index contributed by atoms with van der Waals surface area (Å²) in [4.78, 5) is 15.5. The van der Waals surface area contributed by atoms with Crippen LogP contribution in [0.15, 0.2) is 186 Å². The zero-order valence-corrected chi connectivity index (χ0v) is 29.8. The Morgan fingerprint density at radius 3 is 1.60 bits per heavy atom. The van der Waals surface area contributed by atoms with Crippen LogP contribution in [0.1, 0.15) is 22.8 Å². The molecule has 2 unspecified atom stereocenters. The van der Waals surface area contributed by atoms with Crippen molar-refractivity contribution in [3.05, 3.63) is 199 Å². The molecule has 55 heavy (non-hydrogen) atoms. The van der Waals surface area contributed by atoms with E-state index in [1.165, 1.54) is 38.6 Å². The number of hydrogen-bond acceptors (Lipinski definition) is 4. The number of hydrogen-bond donors (Lipinski definition) is 0. The number of nitrogens with zero attached hydrogens (tertiary/aromatic N) is 3. The Morgan fingerprint density at radius 1 is 0.400 bits per heavy atom. The molecular weight excluding hydrogens is 671 g/mol. The van der Waals surface area contributed by atoms with Gasteiger partial charge in [-0.15, -0.1) is 0 Å². The largest absolute Gasteiger partial charge is 0.456 e. The molecule has 2 atom stereocenters. The molecule has 0 aliphatic heterocycles. The van der Waals surface area contributed by atoms with Crippen molar-refractivity contribution in [1.29, 1.82) is 0 Å². The summed E-state index contributed by atoms with van der Waals surface area (Å²) in [5, 5.41) is 5.69. The third-order valence-electron chi connectivity index (χ3n) is 11.1. The molecule has 0 bridgehead atoms. The quantitative estimate of drug-likeness (QED) is 0.179. The third-order valence-corrected chi connectivity index (χ3v) is 11.1. The van der Waals surface area contributed by atoms with Crippen LogP contribution in [0.2, 0.25) is 0 Å². The molecule has 11 rings (SSSR count). The van der Waals surface area contributed by atoms with Crippen molar-refractivity contribution in [1.82, 2.24) is 15.0 Å². The molecule has 0 saturated carbocycles. The van der Waals surface area contributed by atoms with Crippen LogP contribution in [0.3, 0.4) is 0 Å². The Kier molecular flexibility index (Phi) is 7.27. The lowest BCUT2D eigenvalue weighted by atomic mass is 9.72. The van der Waals surface area contributed by atoms with Crippen LogP contribution in [0, 0.1) is 5.92 Å². The molecule has 4 heteroatoms. The van der Waals surface area contributed by atoms with Gasteiger partial charge in [-0.05, 0) is 86.3 Å². The van der Waals surface area contributed by atoms with Gasteiger partial charge in [-0.1, -0.05) is 146 Å². The maximum atomic E-state index is 6.60. The molecule has 0 radical (unpaired) electrons. The van der Waals surface area contributed by atoms with E-state index in [9.17, 15) is 0 Å². The summed E-state index contributed by atoms with van der Waals surface area (Å²) in [5.74, 6) is 3.16. The van der Waals surface area contributed by atoms with Gasteiger partial charge in [0.25, 0.3) is 0 Å². The van der Waals surface area contributed by atoms with Crippen molar-refractivity contribution in [2.45, 2.75) is 5.92 Å². The van der Waals surface area contributed by atoms with Crippen molar-refractivity contribution in [2.75, 3.05) is 0 Å². The van der Waals surface area contributed by atoms with E-state index in [0.717, 1.165) is 44.2 Å². The van der Waals surface area contributed by atoms with Crippen molar-refractivity contribution in [2.24, 2.45) is 5.92 Å². The van der Waals surface area contributed by atoms with Gasteiger partial charge < -0.3 is 4.42 Å². The van der Waals surface area contributed by atoms with Crippen LogP contribution in [-0.4, -0.2) is 15.0 Å². The first-order valence-electron chi connectivity index (χ1n) is 18.8. The monoisotopic (exact) mass is 703 g/mol. The minimum Gasteiger partial charge on any atom is -0.456 e. The Hall–Kier alpha value is -7.17. The molecule has 4 nitrogen and oxygen atoms in total. The van der Waals surface area contributed by atoms with E-state index in [1.807, 2.05) is 6.07 Å². The summed E-state index contributed by atoms with van der Waals surface area (Å²) in [6.45, 7) is 0. The molecule has 0 saturated heterocycles. The standard InChI is InChI=1S/C51H33N3O/c1-3-11-32(12-4-1)36-20-21-38-29-40(24-22-37(38)27-36)50-52-49(39-23-19-33-13-7-8-16-35(33)28-39)53-51(54-50)41-25-26-46-45(30-41)48-43-18-10-9-17-42(43)44(31-47(48)55-46)34-14-5-2-6-15-34/h1-31,42-43H. The van der Waals surface area contributed by atoms with E-state index >= 15 is 0 Å². The van der Waals surface area contributed by atoms with Crippen LogP contribution in [0.25, 0.3) is 89.5 Å². The normalized spacial score (nSPS) is 16.0. The van der Waals surface area contributed by atoms with Crippen LogP contribution in [-0.2, 0) is 0 Å². The first-order valence-corrected chi connectivity index (χ1v) is 18.8. The lowest BCUT2D eigenvalue weighted by Gasteiger charge is -2.30. The fourth-order valence-corrected chi connectivity index (χ4v) is 8.34.